The molecular weight excluding hydrogens is 352 g/mol. The van der Waals surface area contributed by atoms with Gasteiger partial charge in [-0.15, -0.1) is 0 Å². The highest BCUT2D eigenvalue weighted by atomic mass is 16.5. The fraction of sp³-hybridized carbons (Fsp3) is 0.526. The van der Waals surface area contributed by atoms with Gasteiger partial charge in [0, 0.05) is 31.3 Å². The minimum Gasteiger partial charge on any atom is -0.493 e. The van der Waals surface area contributed by atoms with E-state index in [1.54, 1.807) is 23.1 Å². The molecule has 0 saturated carbocycles. The molecule has 2 fully saturated rings. The van der Waals surface area contributed by atoms with Crippen molar-refractivity contribution in [2.75, 3.05) is 32.2 Å². The molecule has 1 aromatic carbocycles. The van der Waals surface area contributed by atoms with Crippen molar-refractivity contribution in [1.82, 2.24) is 4.90 Å². The number of anilines is 1. The molecule has 0 bridgehead atoms. The summed E-state index contributed by atoms with van der Waals surface area (Å²) in [5.74, 6) is -0.879. The highest BCUT2D eigenvalue weighted by Gasteiger charge is 2.41. The molecule has 0 spiro atoms. The van der Waals surface area contributed by atoms with Crippen molar-refractivity contribution in [3.05, 3.63) is 18.2 Å². The second-order valence-corrected chi connectivity index (χ2v) is 6.83. The average Bonchev–Trinajstić information content (AvgIpc) is 3.08. The molecule has 1 aromatic rings. The lowest BCUT2D eigenvalue weighted by Crippen LogP contribution is -2.50. The van der Waals surface area contributed by atoms with Crippen LogP contribution in [0.2, 0.25) is 0 Å². The third kappa shape index (κ3) is 3.70. The Bertz CT molecular complexity index is 750. The van der Waals surface area contributed by atoms with E-state index in [2.05, 4.69) is 0 Å². The third-order valence-corrected chi connectivity index (χ3v) is 5.22. The number of carboxylic acids is 1. The van der Waals surface area contributed by atoms with Crippen LogP contribution in [0.4, 0.5) is 5.69 Å². The van der Waals surface area contributed by atoms with Gasteiger partial charge in [0.2, 0.25) is 11.8 Å². The lowest BCUT2D eigenvalue weighted by molar-refractivity contribution is -0.153. The number of likely N-dealkylation sites (tertiary alicyclic amines) is 1. The van der Waals surface area contributed by atoms with Crippen molar-refractivity contribution in [2.45, 2.75) is 31.7 Å². The predicted octanol–water partition coefficient (Wildman–Crippen LogP) is 1.52. The molecule has 146 valence electrons. The summed E-state index contributed by atoms with van der Waals surface area (Å²) in [7, 11) is 3.05. The molecule has 8 nitrogen and oxygen atoms in total. The predicted molar refractivity (Wildman–Crippen MR) is 97.0 cm³/mol. The molecule has 2 saturated heterocycles. The molecule has 2 atom stereocenters. The van der Waals surface area contributed by atoms with Gasteiger partial charge in [-0.1, -0.05) is 0 Å². The zero-order valence-electron chi connectivity index (χ0n) is 15.5. The van der Waals surface area contributed by atoms with Gasteiger partial charge in [0.05, 0.1) is 20.1 Å². The van der Waals surface area contributed by atoms with Crippen LogP contribution in [0.3, 0.4) is 0 Å². The molecule has 27 heavy (non-hydrogen) atoms. The number of carbonyl (C=O) groups is 3. The van der Waals surface area contributed by atoms with E-state index < -0.39 is 17.9 Å². The summed E-state index contributed by atoms with van der Waals surface area (Å²) in [6, 6.07) is 4.36. The maximum absolute atomic E-state index is 12.9. The minimum absolute atomic E-state index is 0.0794. The molecule has 0 aromatic heterocycles. The van der Waals surface area contributed by atoms with Crippen molar-refractivity contribution in [3.63, 3.8) is 0 Å². The molecule has 2 heterocycles. The van der Waals surface area contributed by atoms with Gasteiger partial charge in [-0.25, -0.2) is 4.79 Å². The lowest BCUT2D eigenvalue weighted by atomic mass is 9.98. The fourth-order valence-electron chi connectivity index (χ4n) is 3.80. The number of carbonyl (C=O) groups excluding carboxylic acids is 2. The Morgan fingerprint density at radius 3 is 2.56 bits per heavy atom. The normalized spacial score (nSPS) is 22.7. The zero-order valence-corrected chi connectivity index (χ0v) is 15.5. The molecule has 0 aliphatic carbocycles. The number of ether oxygens (including phenoxy) is 2. The van der Waals surface area contributed by atoms with E-state index in [9.17, 15) is 19.5 Å². The van der Waals surface area contributed by atoms with E-state index in [0.717, 1.165) is 12.8 Å². The number of methoxy groups -OCH3 is 2. The Labute approximate surface area is 157 Å². The summed E-state index contributed by atoms with van der Waals surface area (Å²) in [6.07, 6.45) is 2.12. The molecule has 2 amide bonds. The van der Waals surface area contributed by atoms with Gasteiger partial charge in [-0.05, 0) is 31.4 Å². The SMILES string of the molecule is COc1ccc(N2CC(C(=O)N3CCCCC3C(=O)O)CC2=O)cc1OC. The van der Waals surface area contributed by atoms with Gasteiger partial charge in [0.25, 0.3) is 0 Å². The number of rotatable bonds is 5. The largest absolute Gasteiger partial charge is 0.493 e. The standard InChI is InChI=1S/C19H24N2O6/c1-26-15-7-6-13(10-16(15)27-2)21-11-12(9-17(21)22)18(23)20-8-4-3-5-14(20)19(24)25/h6-7,10,12,14H,3-5,8-9,11H2,1-2H3,(H,24,25). The molecule has 2 aliphatic rings. The molecule has 1 N–H and O–H groups in total. The van der Waals surface area contributed by atoms with Crippen LogP contribution in [0, 0.1) is 5.92 Å². The van der Waals surface area contributed by atoms with Gasteiger partial charge in [0.1, 0.15) is 6.04 Å². The first-order valence-corrected chi connectivity index (χ1v) is 9.02. The van der Waals surface area contributed by atoms with Crippen LogP contribution in [-0.2, 0) is 14.4 Å². The average molecular weight is 376 g/mol. The van der Waals surface area contributed by atoms with E-state index in [1.165, 1.54) is 19.1 Å². The number of carboxylic acid groups (broad SMARTS) is 1. The van der Waals surface area contributed by atoms with Crippen LogP contribution in [0.25, 0.3) is 0 Å². The maximum Gasteiger partial charge on any atom is 0.326 e. The topological polar surface area (TPSA) is 96.4 Å². The van der Waals surface area contributed by atoms with Gasteiger partial charge < -0.3 is 24.4 Å². The second kappa shape index (κ2) is 7.85. The van der Waals surface area contributed by atoms with Crippen LogP contribution in [0.1, 0.15) is 25.7 Å². The summed E-state index contributed by atoms with van der Waals surface area (Å²) < 4.78 is 10.5. The van der Waals surface area contributed by atoms with Gasteiger partial charge in [-0.2, -0.15) is 0 Å². The van der Waals surface area contributed by atoms with Crippen LogP contribution >= 0.6 is 0 Å². The lowest BCUT2D eigenvalue weighted by Gasteiger charge is -2.34. The maximum atomic E-state index is 12.9. The summed E-state index contributed by atoms with van der Waals surface area (Å²) in [5, 5.41) is 9.39. The van der Waals surface area contributed by atoms with Crippen LogP contribution < -0.4 is 14.4 Å². The smallest absolute Gasteiger partial charge is 0.326 e. The highest BCUT2D eigenvalue weighted by Crippen LogP contribution is 2.34. The van der Waals surface area contributed by atoms with Crippen molar-refractivity contribution in [1.29, 1.82) is 0 Å². The number of benzene rings is 1. The summed E-state index contributed by atoms with van der Waals surface area (Å²) in [6.45, 7) is 0.660. The van der Waals surface area contributed by atoms with E-state index in [4.69, 9.17) is 9.47 Å². The number of amides is 2. The van der Waals surface area contributed by atoms with Crippen molar-refractivity contribution >= 4 is 23.5 Å². The Morgan fingerprint density at radius 2 is 1.89 bits per heavy atom. The summed E-state index contributed by atoms with van der Waals surface area (Å²) in [5.41, 5.74) is 0.626. The first-order chi connectivity index (χ1) is 13.0. The minimum atomic E-state index is -0.982. The van der Waals surface area contributed by atoms with Crippen molar-refractivity contribution in [3.8, 4) is 11.5 Å². The van der Waals surface area contributed by atoms with Crippen molar-refractivity contribution < 1.29 is 29.0 Å². The van der Waals surface area contributed by atoms with Crippen molar-refractivity contribution in [2.24, 2.45) is 5.92 Å². The Morgan fingerprint density at radius 1 is 1.15 bits per heavy atom. The zero-order chi connectivity index (χ0) is 19.6. The molecule has 2 unspecified atom stereocenters. The van der Waals surface area contributed by atoms with E-state index in [0.29, 0.717) is 30.2 Å². The second-order valence-electron chi connectivity index (χ2n) is 6.83. The molecule has 2 aliphatic heterocycles. The first-order valence-electron chi connectivity index (χ1n) is 9.02. The van der Waals surface area contributed by atoms with E-state index in [-0.39, 0.29) is 24.8 Å². The van der Waals surface area contributed by atoms with Gasteiger partial charge in [0.15, 0.2) is 11.5 Å². The number of hydrogen-bond donors (Lipinski definition) is 1. The fourth-order valence-corrected chi connectivity index (χ4v) is 3.80. The third-order valence-electron chi connectivity index (χ3n) is 5.22. The van der Waals surface area contributed by atoms with Gasteiger partial charge in [-0.3, -0.25) is 9.59 Å². The number of nitrogens with zero attached hydrogens (tertiary/aromatic N) is 2. The Balaban J connectivity index is 1.77. The Hall–Kier alpha value is -2.77. The summed E-state index contributed by atoms with van der Waals surface area (Å²) >= 11 is 0. The monoisotopic (exact) mass is 376 g/mol. The summed E-state index contributed by atoms with van der Waals surface area (Å²) in [4.78, 5) is 39.9. The number of aliphatic carboxylic acids is 1. The van der Waals surface area contributed by atoms with Crippen LogP contribution in [-0.4, -0.2) is 61.1 Å². The highest BCUT2D eigenvalue weighted by molar-refractivity contribution is 6.01. The number of hydrogen-bond acceptors (Lipinski definition) is 5. The van der Waals surface area contributed by atoms with Crippen LogP contribution in [0.5, 0.6) is 11.5 Å². The Kier molecular flexibility index (Phi) is 5.53. The molecule has 3 rings (SSSR count). The molecular formula is C19H24N2O6. The molecule has 0 radical (unpaired) electrons. The first kappa shape index (κ1) is 19.0. The van der Waals surface area contributed by atoms with Gasteiger partial charge >= 0.3 is 5.97 Å². The van der Waals surface area contributed by atoms with Crippen LogP contribution in [0.15, 0.2) is 18.2 Å². The molecule has 8 heteroatoms. The quantitative estimate of drug-likeness (QED) is 0.837. The number of piperidine rings is 1. The van der Waals surface area contributed by atoms with E-state index in [1.807, 2.05) is 0 Å². The van der Waals surface area contributed by atoms with E-state index >= 15 is 0 Å².